The lowest BCUT2D eigenvalue weighted by molar-refractivity contribution is -0.306. The first-order valence-electron chi connectivity index (χ1n) is 31.8. The molecule has 10 rings (SSSR count). The zero-order valence-electron chi connectivity index (χ0n) is 51.7. The van der Waals surface area contributed by atoms with Gasteiger partial charge in [-0.2, -0.15) is 0 Å². The Labute approximate surface area is 543 Å². The second-order valence-electron chi connectivity index (χ2n) is 25.8. The van der Waals surface area contributed by atoms with Gasteiger partial charge < -0.3 is 187 Å². The van der Waals surface area contributed by atoms with Crippen molar-refractivity contribution >= 4 is 0 Å². The fraction of sp³-hybridized carbons (Fsp3) is 0.925. The molecule has 20 unspecified atom stereocenters. The number of aryl methyl sites for hydroxylation is 2. The molecule has 36 N–H and O–H groups in total. The zero-order valence-corrected chi connectivity index (χ0v) is 51.7. The molecule has 8 aliphatic rings. The van der Waals surface area contributed by atoms with Crippen LogP contribution in [0, 0.1) is 0 Å². The van der Waals surface area contributed by atoms with Crippen LogP contribution in [-0.2, 0) is 82.8 Å². The number of nitrogens with two attached hydrogens (primary N) is 12. The maximum atomic E-state index is 12.0. The predicted octanol–water partition coefficient (Wildman–Crippen LogP) is -16.7. The standard InChI is InChI=1S/C53H98N18O24/c54-6-20-32(74)36(78)26(62)48(84-20)90-42-18(60)4-16(58)30(72)46(42)94-52-40(82)44(92-50-28(64)38(80)34(76)22(8-56)86-50)24(88-52)12-70-10-14(66-68-70)2-1-3-15-11-71(69-67-15)13-25-45(93-51-29(65)39(81)35(77)23(9-57)87-51)41(83)53(89-25)95-47-31(73)17(59)5-19(61)43(47)91-49-27(63)37(79)33(75)21(7-55)85-49/h10-11,16-53,72-83H,1-9,12-13,54-65H2/t16-,17-,18?,19?,20?,21?,22+,23+,24-,25-,26?,27?,28?,29?,30?,31?,32?,33?,34?,35?,36-,37-,38?,39?,40+,41+,42?,43?,44?,45?,46-,47-,48-,49-,50-,51-,52+,53+/m1/s1. The Hall–Kier alpha value is -3.16. The summed E-state index contributed by atoms with van der Waals surface area (Å²) in [6, 6.07) is -9.20. The van der Waals surface area contributed by atoms with Crippen molar-refractivity contribution in [2.75, 3.05) is 26.2 Å². The first-order chi connectivity index (χ1) is 45.2. The molecule has 38 atom stereocenters. The van der Waals surface area contributed by atoms with E-state index in [0.29, 0.717) is 30.7 Å². The average molecular weight is 1370 g/mol. The molecule has 2 aromatic heterocycles. The third-order valence-corrected chi connectivity index (χ3v) is 19.2. The molecule has 8 heterocycles. The molecule has 42 heteroatoms. The predicted molar refractivity (Wildman–Crippen MR) is 315 cm³/mol. The first kappa shape index (κ1) is 74.5. The molecule has 2 aliphatic carbocycles. The average Bonchev–Trinajstić information content (AvgIpc) is 1.72. The number of ether oxygens (including phenoxy) is 12. The van der Waals surface area contributed by atoms with Crippen LogP contribution in [0.3, 0.4) is 0 Å². The lowest BCUT2D eigenvalue weighted by atomic mass is 9.84. The van der Waals surface area contributed by atoms with E-state index in [-0.39, 0.29) is 52.1 Å². The highest BCUT2D eigenvalue weighted by molar-refractivity contribution is 5.06. The fourth-order valence-electron chi connectivity index (χ4n) is 13.4. The van der Waals surface area contributed by atoms with Gasteiger partial charge in [-0.25, -0.2) is 9.36 Å². The van der Waals surface area contributed by atoms with E-state index >= 15 is 0 Å². The van der Waals surface area contributed by atoms with Gasteiger partial charge in [-0.1, -0.05) is 10.4 Å². The molecule has 6 saturated heterocycles. The van der Waals surface area contributed by atoms with Gasteiger partial charge in [0.25, 0.3) is 0 Å². The van der Waals surface area contributed by atoms with E-state index in [0.717, 1.165) is 0 Å². The Morgan fingerprint density at radius 3 is 0.905 bits per heavy atom. The monoisotopic (exact) mass is 1370 g/mol. The highest BCUT2D eigenvalue weighted by atomic mass is 16.8. The van der Waals surface area contributed by atoms with Gasteiger partial charge in [0.1, 0.15) is 134 Å². The van der Waals surface area contributed by atoms with Crippen LogP contribution in [0.15, 0.2) is 12.4 Å². The summed E-state index contributed by atoms with van der Waals surface area (Å²) < 4.78 is 76.4. The van der Waals surface area contributed by atoms with Gasteiger partial charge in [-0.15, -0.1) is 10.2 Å². The normalized spacial score (nSPS) is 49.1. The van der Waals surface area contributed by atoms with Crippen molar-refractivity contribution in [2.24, 2.45) is 68.8 Å². The number of aromatic nitrogens is 6. The highest BCUT2D eigenvalue weighted by Gasteiger charge is 2.58. The number of hydrogen-bond donors (Lipinski definition) is 24. The lowest BCUT2D eigenvalue weighted by Crippen LogP contribution is -2.68. The summed E-state index contributed by atoms with van der Waals surface area (Å²) in [5.74, 6) is 0. The van der Waals surface area contributed by atoms with Crippen molar-refractivity contribution in [3.63, 3.8) is 0 Å². The van der Waals surface area contributed by atoms with Gasteiger partial charge in [-0.05, 0) is 32.1 Å². The van der Waals surface area contributed by atoms with E-state index in [1.807, 2.05) is 0 Å². The first-order valence-corrected chi connectivity index (χ1v) is 31.8. The van der Waals surface area contributed by atoms with Gasteiger partial charge in [0, 0.05) is 62.7 Å². The Kier molecular flexibility index (Phi) is 24.9. The van der Waals surface area contributed by atoms with Crippen LogP contribution in [0.2, 0.25) is 0 Å². The van der Waals surface area contributed by atoms with Crippen molar-refractivity contribution in [3.05, 3.63) is 23.8 Å². The maximum Gasteiger partial charge on any atom is 0.187 e. The Morgan fingerprint density at radius 1 is 0.337 bits per heavy atom. The van der Waals surface area contributed by atoms with E-state index in [2.05, 4.69) is 20.6 Å². The molecular weight excluding hydrogens is 1270 g/mol. The van der Waals surface area contributed by atoms with Crippen molar-refractivity contribution in [1.82, 2.24) is 30.0 Å². The van der Waals surface area contributed by atoms with Gasteiger partial charge in [0.05, 0.1) is 60.9 Å². The fourth-order valence-corrected chi connectivity index (χ4v) is 13.4. The molecule has 2 saturated carbocycles. The zero-order chi connectivity index (χ0) is 68.8. The smallest absolute Gasteiger partial charge is 0.187 e. The van der Waals surface area contributed by atoms with Crippen LogP contribution in [-0.4, -0.2) is 350 Å². The van der Waals surface area contributed by atoms with Gasteiger partial charge in [0.15, 0.2) is 37.7 Å². The maximum absolute atomic E-state index is 12.0. The lowest BCUT2D eigenvalue weighted by Gasteiger charge is -2.47. The third kappa shape index (κ3) is 15.8. The minimum Gasteiger partial charge on any atom is -0.389 e. The van der Waals surface area contributed by atoms with Crippen LogP contribution < -0.4 is 68.8 Å². The van der Waals surface area contributed by atoms with Gasteiger partial charge in [0.2, 0.25) is 0 Å². The van der Waals surface area contributed by atoms with Gasteiger partial charge >= 0.3 is 0 Å². The molecule has 0 spiro atoms. The van der Waals surface area contributed by atoms with E-state index in [4.69, 9.17) is 126 Å². The summed E-state index contributed by atoms with van der Waals surface area (Å²) in [6.45, 7) is -1.28. The molecule has 0 amide bonds. The molecule has 0 radical (unpaired) electrons. The largest absolute Gasteiger partial charge is 0.389 e. The minimum absolute atomic E-state index is 0.0133. The molecule has 8 fully saturated rings. The van der Waals surface area contributed by atoms with E-state index in [9.17, 15) is 61.3 Å². The van der Waals surface area contributed by atoms with E-state index in [1.54, 1.807) is 12.4 Å². The van der Waals surface area contributed by atoms with Crippen LogP contribution >= 0.6 is 0 Å². The summed E-state index contributed by atoms with van der Waals surface area (Å²) >= 11 is 0. The number of aliphatic hydroxyl groups excluding tert-OH is 12. The van der Waals surface area contributed by atoms with E-state index < -0.39 is 233 Å². The number of hydrogen-bond acceptors (Lipinski definition) is 40. The summed E-state index contributed by atoms with van der Waals surface area (Å²) in [6.07, 6.45) is -38.3. The summed E-state index contributed by atoms with van der Waals surface area (Å²) in [7, 11) is 0. The molecule has 2 aromatic rings. The van der Waals surface area contributed by atoms with Crippen molar-refractivity contribution in [3.8, 4) is 0 Å². The highest BCUT2D eigenvalue weighted by Crippen LogP contribution is 2.38. The summed E-state index contributed by atoms with van der Waals surface area (Å²) in [4.78, 5) is 0. The van der Waals surface area contributed by atoms with Crippen molar-refractivity contribution in [2.45, 2.75) is 278 Å². The second-order valence-corrected chi connectivity index (χ2v) is 25.8. The number of rotatable bonds is 24. The molecule has 42 nitrogen and oxygen atoms in total. The molecule has 544 valence electrons. The van der Waals surface area contributed by atoms with Crippen LogP contribution in [0.25, 0.3) is 0 Å². The third-order valence-electron chi connectivity index (χ3n) is 19.2. The Balaban J connectivity index is 0.812. The molecule has 95 heavy (non-hydrogen) atoms. The van der Waals surface area contributed by atoms with Crippen LogP contribution in [0.4, 0.5) is 0 Å². The molecule has 0 aromatic carbocycles. The van der Waals surface area contributed by atoms with Crippen LogP contribution in [0.1, 0.15) is 30.7 Å². The number of aliphatic hydroxyl groups is 12. The topological polar surface area (TPSA) is 727 Å². The van der Waals surface area contributed by atoms with Crippen LogP contribution in [0.5, 0.6) is 0 Å². The summed E-state index contributed by atoms with van der Waals surface area (Å²) in [5, 5.41) is 150. The Bertz CT molecular complexity index is 2540. The van der Waals surface area contributed by atoms with Crippen molar-refractivity contribution < 1.29 is 118 Å². The second kappa shape index (κ2) is 31.8. The van der Waals surface area contributed by atoms with Crippen molar-refractivity contribution in [1.29, 1.82) is 0 Å². The quantitative estimate of drug-likeness (QED) is 0.0464. The Morgan fingerprint density at radius 2 is 0.611 bits per heavy atom. The van der Waals surface area contributed by atoms with E-state index in [1.165, 1.54) is 9.36 Å². The SMILES string of the molecule is NCC1O[C@H](OC2C(N)C[C@@H](N)C(O)[C@H]2O[C@@H]2O[C@H](Cn3cc(CCCc4cn(C[C@H]5O[C@@H](O[C@H]6C(O[C@H]7OC(CN)C(O)[C@H](O)C7N)C(N)C[C@@H](N)C6O)[C@@H](O)C5O[C@H]5O[C@@H](CN)C(O)C(O)C5N)nn4)nn3)C(O[C@H]3O[C@@H](CN)C(O)C(O)C3N)[C@@H]2O)C(N)[C@@H](O)C1O. The molecule has 6 aliphatic heterocycles. The number of nitrogens with zero attached hydrogens (tertiary/aromatic N) is 6. The molecular formula is C53H98N18O24. The molecule has 0 bridgehead atoms. The minimum atomic E-state index is -1.72. The van der Waals surface area contributed by atoms with Gasteiger partial charge in [-0.3, -0.25) is 0 Å². The summed E-state index contributed by atoms with van der Waals surface area (Å²) in [5.41, 5.74) is 75.1.